The second-order valence-corrected chi connectivity index (χ2v) is 5.79. The molecule has 20 heavy (non-hydrogen) atoms. The van der Waals surface area contributed by atoms with Crippen LogP contribution in [-0.2, 0) is 13.1 Å². The van der Waals surface area contributed by atoms with Gasteiger partial charge < -0.3 is 14.6 Å². The van der Waals surface area contributed by atoms with E-state index in [1.807, 2.05) is 15.7 Å². The molecule has 3 heterocycles. The minimum atomic E-state index is -0.695. The molecule has 0 amide bonds. The predicted octanol–water partition coefficient (Wildman–Crippen LogP) is 1.93. The molecule has 7 nitrogen and oxygen atoms in total. The van der Waals surface area contributed by atoms with E-state index >= 15 is 0 Å². The van der Waals surface area contributed by atoms with Crippen molar-refractivity contribution in [3.05, 3.63) is 39.3 Å². The van der Waals surface area contributed by atoms with Crippen LogP contribution < -0.4 is 4.90 Å². The Labute approximate surface area is 119 Å². The standard InChI is InChI=1S/C12H14N4O3S/c1-8(17)10-6-9(16(18)19)12(20-10)15-5-4-14-3-2-13-11(14)7-15/h2-3,6,8,17H,4-5,7H2,1H3. The third-order valence-corrected chi connectivity index (χ3v) is 4.71. The van der Waals surface area contributed by atoms with Crippen LogP contribution in [0.4, 0.5) is 10.7 Å². The fourth-order valence-corrected chi connectivity index (χ4v) is 3.39. The van der Waals surface area contributed by atoms with Gasteiger partial charge in [0, 0.05) is 36.4 Å². The number of aromatic nitrogens is 2. The van der Waals surface area contributed by atoms with E-state index in [1.54, 1.807) is 13.1 Å². The van der Waals surface area contributed by atoms with Crippen molar-refractivity contribution in [3.63, 3.8) is 0 Å². The average Bonchev–Trinajstić information content (AvgIpc) is 3.04. The number of nitro groups is 1. The lowest BCUT2D eigenvalue weighted by molar-refractivity contribution is -0.383. The summed E-state index contributed by atoms with van der Waals surface area (Å²) in [6.07, 6.45) is 2.96. The molecule has 0 aromatic carbocycles. The summed E-state index contributed by atoms with van der Waals surface area (Å²) in [5.41, 5.74) is 0.0610. The van der Waals surface area contributed by atoms with E-state index in [-0.39, 0.29) is 5.69 Å². The van der Waals surface area contributed by atoms with Crippen molar-refractivity contribution in [3.8, 4) is 0 Å². The maximum Gasteiger partial charge on any atom is 0.304 e. The number of anilines is 1. The molecule has 0 bridgehead atoms. The summed E-state index contributed by atoms with van der Waals surface area (Å²) in [5.74, 6) is 0.901. The lowest BCUT2D eigenvalue weighted by Crippen LogP contribution is -2.33. The fourth-order valence-electron chi connectivity index (χ4n) is 2.30. The first-order valence-corrected chi connectivity index (χ1v) is 7.09. The minimum absolute atomic E-state index is 0.0610. The van der Waals surface area contributed by atoms with E-state index in [4.69, 9.17) is 0 Å². The van der Waals surface area contributed by atoms with Gasteiger partial charge in [0.15, 0.2) is 5.00 Å². The molecule has 0 radical (unpaired) electrons. The van der Waals surface area contributed by atoms with Gasteiger partial charge in [-0.1, -0.05) is 0 Å². The molecule has 0 aliphatic carbocycles. The van der Waals surface area contributed by atoms with Gasteiger partial charge in [0.1, 0.15) is 5.82 Å². The van der Waals surface area contributed by atoms with Gasteiger partial charge in [-0.05, 0) is 6.92 Å². The largest absolute Gasteiger partial charge is 0.388 e. The lowest BCUT2D eigenvalue weighted by atomic mass is 10.3. The molecule has 0 fully saturated rings. The monoisotopic (exact) mass is 294 g/mol. The molecule has 8 heteroatoms. The van der Waals surface area contributed by atoms with Gasteiger partial charge >= 0.3 is 5.69 Å². The number of aliphatic hydroxyl groups is 1. The highest BCUT2D eigenvalue weighted by atomic mass is 32.1. The number of imidazole rings is 1. The Morgan fingerprint density at radius 2 is 2.35 bits per heavy atom. The predicted molar refractivity (Wildman–Crippen MR) is 74.9 cm³/mol. The Hall–Kier alpha value is -1.93. The Morgan fingerprint density at radius 3 is 3.05 bits per heavy atom. The van der Waals surface area contributed by atoms with Crippen LogP contribution >= 0.6 is 11.3 Å². The van der Waals surface area contributed by atoms with Crippen LogP contribution in [-0.4, -0.2) is 26.1 Å². The summed E-state index contributed by atoms with van der Waals surface area (Å²) >= 11 is 1.28. The molecule has 2 aromatic heterocycles. The van der Waals surface area contributed by atoms with Crippen LogP contribution in [0.15, 0.2) is 18.5 Å². The number of fused-ring (bicyclic) bond motifs is 1. The number of thiophene rings is 1. The van der Waals surface area contributed by atoms with E-state index in [0.29, 0.717) is 23.0 Å². The van der Waals surface area contributed by atoms with Gasteiger partial charge in [-0.2, -0.15) is 0 Å². The van der Waals surface area contributed by atoms with Crippen LogP contribution in [0.25, 0.3) is 0 Å². The zero-order valence-electron chi connectivity index (χ0n) is 10.9. The number of hydrogen-bond donors (Lipinski definition) is 1. The SMILES string of the molecule is CC(O)c1cc([N+](=O)[O-])c(N2CCn3ccnc3C2)s1. The van der Waals surface area contributed by atoms with Gasteiger partial charge in [-0.25, -0.2) is 4.98 Å². The Balaban J connectivity index is 1.96. The van der Waals surface area contributed by atoms with Crippen molar-refractivity contribution in [2.75, 3.05) is 11.4 Å². The Morgan fingerprint density at radius 1 is 1.55 bits per heavy atom. The van der Waals surface area contributed by atoms with Crippen molar-refractivity contribution in [1.82, 2.24) is 9.55 Å². The fraction of sp³-hybridized carbons (Fsp3) is 0.417. The van der Waals surface area contributed by atoms with Crippen molar-refractivity contribution in [2.24, 2.45) is 0 Å². The maximum atomic E-state index is 11.2. The third-order valence-electron chi connectivity index (χ3n) is 3.35. The summed E-state index contributed by atoms with van der Waals surface area (Å²) < 4.78 is 2.05. The minimum Gasteiger partial charge on any atom is -0.388 e. The molecule has 1 unspecified atom stereocenters. The van der Waals surface area contributed by atoms with Crippen molar-refractivity contribution >= 4 is 22.0 Å². The first-order valence-electron chi connectivity index (χ1n) is 6.27. The van der Waals surface area contributed by atoms with Crippen LogP contribution in [0.5, 0.6) is 0 Å². The first-order chi connectivity index (χ1) is 9.56. The second kappa shape index (κ2) is 4.88. The summed E-state index contributed by atoms with van der Waals surface area (Å²) in [6.45, 7) is 3.62. The second-order valence-electron chi connectivity index (χ2n) is 4.73. The van der Waals surface area contributed by atoms with Crippen molar-refractivity contribution in [1.29, 1.82) is 0 Å². The number of hydrogen-bond acceptors (Lipinski definition) is 6. The normalized spacial score (nSPS) is 16.0. The number of nitrogens with zero attached hydrogens (tertiary/aromatic N) is 4. The number of aliphatic hydroxyl groups excluding tert-OH is 1. The van der Waals surface area contributed by atoms with Gasteiger partial charge in [0.25, 0.3) is 0 Å². The number of rotatable bonds is 3. The summed E-state index contributed by atoms with van der Waals surface area (Å²) in [5, 5.41) is 21.4. The van der Waals surface area contributed by atoms with Gasteiger partial charge in [-0.3, -0.25) is 10.1 Å². The Kier molecular flexibility index (Phi) is 3.19. The lowest BCUT2D eigenvalue weighted by Gasteiger charge is -2.27. The van der Waals surface area contributed by atoms with Gasteiger partial charge in [0.2, 0.25) is 0 Å². The van der Waals surface area contributed by atoms with Crippen LogP contribution in [0.2, 0.25) is 0 Å². The van der Waals surface area contributed by atoms with Crippen molar-refractivity contribution in [2.45, 2.75) is 26.1 Å². The molecule has 1 aliphatic heterocycles. The summed E-state index contributed by atoms with van der Waals surface area (Å²) in [6, 6.07) is 1.46. The molecule has 3 rings (SSSR count). The molecule has 1 N–H and O–H groups in total. The van der Waals surface area contributed by atoms with Gasteiger partial charge in [0.05, 0.1) is 17.6 Å². The van der Waals surface area contributed by atoms with E-state index in [2.05, 4.69) is 4.98 Å². The third kappa shape index (κ3) is 2.16. The van der Waals surface area contributed by atoms with Crippen molar-refractivity contribution < 1.29 is 10.0 Å². The summed E-state index contributed by atoms with van der Waals surface area (Å²) in [4.78, 5) is 17.6. The topological polar surface area (TPSA) is 84.4 Å². The molecule has 1 atom stereocenters. The molecular formula is C12H14N4O3S. The van der Waals surface area contributed by atoms with Crippen LogP contribution in [0.1, 0.15) is 23.7 Å². The molecule has 0 saturated carbocycles. The molecule has 106 valence electrons. The average molecular weight is 294 g/mol. The molecule has 0 saturated heterocycles. The van der Waals surface area contributed by atoms with Crippen LogP contribution in [0.3, 0.4) is 0 Å². The smallest absolute Gasteiger partial charge is 0.304 e. The molecule has 0 spiro atoms. The zero-order valence-corrected chi connectivity index (χ0v) is 11.7. The quantitative estimate of drug-likeness (QED) is 0.690. The first kappa shape index (κ1) is 13.1. The molecule has 2 aromatic rings. The maximum absolute atomic E-state index is 11.2. The van der Waals surface area contributed by atoms with E-state index in [1.165, 1.54) is 17.4 Å². The zero-order chi connectivity index (χ0) is 14.3. The van der Waals surface area contributed by atoms with Crippen LogP contribution in [0, 0.1) is 10.1 Å². The Bertz CT molecular complexity index is 649. The van der Waals surface area contributed by atoms with Gasteiger partial charge in [-0.15, -0.1) is 11.3 Å². The summed E-state index contributed by atoms with van der Waals surface area (Å²) in [7, 11) is 0. The van der Waals surface area contributed by atoms with E-state index < -0.39 is 11.0 Å². The highest BCUT2D eigenvalue weighted by Gasteiger charge is 2.28. The highest BCUT2D eigenvalue weighted by Crippen LogP contribution is 2.41. The van der Waals surface area contributed by atoms with E-state index in [0.717, 1.165) is 12.4 Å². The highest BCUT2D eigenvalue weighted by molar-refractivity contribution is 7.16. The molecule has 1 aliphatic rings. The molecular weight excluding hydrogens is 280 g/mol. The van der Waals surface area contributed by atoms with E-state index in [9.17, 15) is 15.2 Å².